The Balaban J connectivity index is 2.77. The summed E-state index contributed by atoms with van der Waals surface area (Å²) in [7, 11) is 0. The molecule has 0 unspecified atom stereocenters. The summed E-state index contributed by atoms with van der Waals surface area (Å²) >= 11 is 0. The summed E-state index contributed by atoms with van der Waals surface area (Å²) in [5, 5.41) is 0. The van der Waals surface area contributed by atoms with Gasteiger partial charge in [0.2, 0.25) is 0 Å². The van der Waals surface area contributed by atoms with Crippen LogP contribution in [0.3, 0.4) is 0 Å². The van der Waals surface area contributed by atoms with Crippen molar-refractivity contribution < 1.29 is 9.59 Å². The molecule has 2 nitrogen and oxygen atoms in total. The molecule has 16 heavy (non-hydrogen) atoms. The van der Waals surface area contributed by atoms with Gasteiger partial charge >= 0.3 is 0 Å². The van der Waals surface area contributed by atoms with Crippen LogP contribution in [-0.2, 0) is 9.59 Å². The minimum atomic E-state index is -0.264. The molecule has 0 spiro atoms. The van der Waals surface area contributed by atoms with Gasteiger partial charge in [0.1, 0.15) is 11.6 Å². The number of hydrogen-bond acceptors (Lipinski definition) is 2. The molecular formula is C14H18O2. The first-order chi connectivity index (χ1) is 7.65. The molecule has 1 aromatic rings. The minimum absolute atomic E-state index is 0.0654. The molecule has 0 heterocycles. The van der Waals surface area contributed by atoms with E-state index >= 15 is 0 Å². The van der Waals surface area contributed by atoms with E-state index < -0.39 is 0 Å². The van der Waals surface area contributed by atoms with Crippen LogP contribution in [0, 0.1) is 0 Å². The number of ketones is 2. The van der Waals surface area contributed by atoms with Crippen LogP contribution >= 0.6 is 0 Å². The van der Waals surface area contributed by atoms with Crippen molar-refractivity contribution in [3.8, 4) is 0 Å². The molecule has 0 N–H and O–H groups in total. The van der Waals surface area contributed by atoms with Gasteiger partial charge in [0, 0.05) is 18.8 Å². The molecule has 0 aromatic heterocycles. The van der Waals surface area contributed by atoms with Gasteiger partial charge in [0.05, 0.1) is 0 Å². The average Bonchev–Trinajstić information content (AvgIpc) is 2.27. The van der Waals surface area contributed by atoms with Crippen LogP contribution in [0.5, 0.6) is 0 Å². The summed E-state index contributed by atoms with van der Waals surface area (Å²) in [5.74, 6) is -0.0255. The fourth-order valence-electron chi connectivity index (χ4n) is 1.79. The predicted molar refractivity (Wildman–Crippen MR) is 64.4 cm³/mol. The van der Waals surface area contributed by atoms with Crippen LogP contribution in [0.1, 0.15) is 44.6 Å². The molecule has 0 amide bonds. The Morgan fingerprint density at radius 2 is 1.81 bits per heavy atom. The first kappa shape index (κ1) is 12.6. The number of carbonyl (C=O) groups is 2. The van der Waals surface area contributed by atoms with Gasteiger partial charge in [0.25, 0.3) is 0 Å². The normalized spacial score (nSPS) is 12.1. The number of carbonyl (C=O) groups excluding carboxylic acids is 2. The van der Waals surface area contributed by atoms with Gasteiger partial charge in [0.15, 0.2) is 0 Å². The smallest absolute Gasteiger partial charge is 0.137 e. The van der Waals surface area contributed by atoms with Crippen LogP contribution in [0.2, 0.25) is 0 Å². The summed E-state index contributed by atoms with van der Waals surface area (Å²) < 4.78 is 0. The van der Waals surface area contributed by atoms with Crippen LogP contribution in [0.4, 0.5) is 0 Å². The maximum atomic E-state index is 11.6. The van der Waals surface area contributed by atoms with Gasteiger partial charge in [-0.15, -0.1) is 0 Å². The zero-order chi connectivity index (χ0) is 12.0. The number of Topliss-reactive ketones (excluding diaryl/α,β-unsaturated/α-hetero) is 2. The van der Waals surface area contributed by atoms with E-state index in [9.17, 15) is 9.59 Å². The standard InChI is InChI=1S/C14H18O2/c1-3-7-13(16)10-14(11(2)15)12-8-5-4-6-9-12/h4-6,8-9,14H,3,7,10H2,1-2H3/t14-/m1/s1. The first-order valence-corrected chi connectivity index (χ1v) is 5.72. The number of hydrogen-bond donors (Lipinski definition) is 0. The molecule has 1 atom stereocenters. The SMILES string of the molecule is CCCC(=O)C[C@H](C(C)=O)c1ccccc1. The maximum absolute atomic E-state index is 11.6. The molecular weight excluding hydrogens is 200 g/mol. The number of rotatable bonds is 6. The van der Waals surface area contributed by atoms with Crippen molar-refractivity contribution >= 4 is 11.6 Å². The molecule has 0 aliphatic rings. The Labute approximate surface area is 96.7 Å². The molecule has 2 heteroatoms. The summed E-state index contributed by atoms with van der Waals surface area (Å²) in [6.45, 7) is 3.53. The van der Waals surface area contributed by atoms with Crippen molar-refractivity contribution in [3.63, 3.8) is 0 Å². The zero-order valence-electron chi connectivity index (χ0n) is 9.90. The van der Waals surface area contributed by atoms with Gasteiger partial charge in [-0.3, -0.25) is 9.59 Å². The van der Waals surface area contributed by atoms with Gasteiger partial charge in [-0.25, -0.2) is 0 Å². The predicted octanol–water partition coefficient (Wildman–Crippen LogP) is 3.12. The summed E-state index contributed by atoms with van der Waals surface area (Å²) in [4.78, 5) is 23.1. The Morgan fingerprint density at radius 3 is 2.31 bits per heavy atom. The first-order valence-electron chi connectivity index (χ1n) is 5.72. The molecule has 1 aromatic carbocycles. The van der Waals surface area contributed by atoms with E-state index in [0.717, 1.165) is 12.0 Å². The van der Waals surface area contributed by atoms with Gasteiger partial charge in [-0.2, -0.15) is 0 Å². The third-order valence-electron chi connectivity index (χ3n) is 2.65. The Bertz CT molecular complexity index is 354. The molecule has 86 valence electrons. The highest BCUT2D eigenvalue weighted by Crippen LogP contribution is 2.21. The van der Waals surface area contributed by atoms with Crippen LogP contribution in [0.15, 0.2) is 30.3 Å². The van der Waals surface area contributed by atoms with Crippen molar-refractivity contribution in [2.24, 2.45) is 0 Å². The van der Waals surface area contributed by atoms with Crippen molar-refractivity contribution in [1.29, 1.82) is 0 Å². The lowest BCUT2D eigenvalue weighted by Crippen LogP contribution is -2.14. The largest absolute Gasteiger partial charge is 0.300 e. The summed E-state index contributed by atoms with van der Waals surface area (Å²) in [6, 6.07) is 9.52. The highest BCUT2D eigenvalue weighted by molar-refractivity contribution is 5.90. The van der Waals surface area contributed by atoms with E-state index in [1.165, 1.54) is 0 Å². The van der Waals surface area contributed by atoms with E-state index in [4.69, 9.17) is 0 Å². The molecule has 0 bridgehead atoms. The van der Waals surface area contributed by atoms with Gasteiger partial charge < -0.3 is 0 Å². The topological polar surface area (TPSA) is 34.1 Å². The van der Waals surface area contributed by atoms with Crippen LogP contribution in [-0.4, -0.2) is 11.6 Å². The molecule has 0 aliphatic heterocycles. The van der Waals surface area contributed by atoms with Crippen molar-refractivity contribution in [2.45, 2.75) is 39.0 Å². The number of benzene rings is 1. The highest BCUT2D eigenvalue weighted by Gasteiger charge is 2.19. The molecule has 0 saturated heterocycles. The van der Waals surface area contributed by atoms with Crippen molar-refractivity contribution in [2.75, 3.05) is 0 Å². The Hall–Kier alpha value is -1.44. The maximum Gasteiger partial charge on any atom is 0.137 e. The average molecular weight is 218 g/mol. The Morgan fingerprint density at radius 1 is 1.19 bits per heavy atom. The zero-order valence-corrected chi connectivity index (χ0v) is 9.90. The van der Waals surface area contributed by atoms with Crippen LogP contribution < -0.4 is 0 Å². The lowest BCUT2D eigenvalue weighted by atomic mass is 9.89. The van der Waals surface area contributed by atoms with Crippen LogP contribution in [0.25, 0.3) is 0 Å². The second-order valence-corrected chi connectivity index (χ2v) is 4.07. The molecule has 0 radical (unpaired) electrons. The second-order valence-electron chi connectivity index (χ2n) is 4.07. The molecule has 1 rings (SSSR count). The van der Waals surface area contributed by atoms with E-state index in [-0.39, 0.29) is 17.5 Å². The van der Waals surface area contributed by atoms with Crippen molar-refractivity contribution in [3.05, 3.63) is 35.9 Å². The quantitative estimate of drug-likeness (QED) is 0.735. The van der Waals surface area contributed by atoms with E-state index in [2.05, 4.69) is 0 Å². The molecule has 0 fully saturated rings. The van der Waals surface area contributed by atoms with E-state index in [1.807, 2.05) is 37.3 Å². The van der Waals surface area contributed by atoms with Gasteiger partial charge in [-0.05, 0) is 18.9 Å². The summed E-state index contributed by atoms with van der Waals surface area (Å²) in [5.41, 5.74) is 0.944. The minimum Gasteiger partial charge on any atom is -0.300 e. The van der Waals surface area contributed by atoms with E-state index in [1.54, 1.807) is 6.92 Å². The monoisotopic (exact) mass is 218 g/mol. The fourth-order valence-corrected chi connectivity index (χ4v) is 1.79. The highest BCUT2D eigenvalue weighted by atomic mass is 16.1. The van der Waals surface area contributed by atoms with Gasteiger partial charge in [-0.1, -0.05) is 37.3 Å². The summed E-state index contributed by atoms with van der Waals surface area (Å²) in [6.07, 6.45) is 1.75. The third-order valence-corrected chi connectivity index (χ3v) is 2.65. The molecule has 0 aliphatic carbocycles. The van der Waals surface area contributed by atoms with E-state index in [0.29, 0.717) is 12.8 Å². The third kappa shape index (κ3) is 3.61. The lowest BCUT2D eigenvalue weighted by Gasteiger charge is -2.12. The second kappa shape index (κ2) is 6.21. The Kier molecular flexibility index (Phi) is 4.90. The molecule has 0 saturated carbocycles. The fraction of sp³-hybridized carbons (Fsp3) is 0.429. The lowest BCUT2D eigenvalue weighted by molar-refractivity contribution is -0.124. The van der Waals surface area contributed by atoms with Crippen molar-refractivity contribution in [1.82, 2.24) is 0 Å².